The standard InChI is InChI=1S/C26H19F3N2O5/c1-34-19-10-8-17(9-11-19)25(33)36-23-14-16(7-12-22(23)35-2)13-18(15-30)24(32)31-21-6-4-3-5-20(21)26(27,28)29/h3-14H,1-2H3,(H,31,32)/b18-13-. The SMILES string of the molecule is COc1ccc(C(=O)Oc2cc(/C=C(/C#N)C(=O)Nc3ccccc3C(F)(F)F)ccc2OC)cc1. The van der Waals surface area contributed by atoms with Gasteiger partial charge in [0.1, 0.15) is 17.4 Å². The fraction of sp³-hybridized carbons (Fsp3) is 0.115. The normalized spacial score (nSPS) is 11.3. The Morgan fingerprint density at radius 3 is 2.25 bits per heavy atom. The van der Waals surface area contributed by atoms with Gasteiger partial charge in [-0.15, -0.1) is 0 Å². The molecule has 0 saturated heterocycles. The minimum atomic E-state index is -4.70. The predicted molar refractivity (Wildman–Crippen MR) is 125 cm³/mol. The summed E-state index contributed by atoms with van der Waals surface area (Å²) in [6.45, 7) is 0. The lowest BCUT2D eigenvalue weighted by Crippen LogP contribution is -2.17. The van der Waals surface area contributed by atoms with Crippen LogP contribution >= 0.6 is 0 Å². The number of hydrogen-bond acceptors (Lipinski definition) is 6. The highest BCUT2D eigenvalue weighted by molar-refractivity contribution is 6.10. The van der Waals surface area contributed by atoms with Gasteiger partial charge in [0.25, 0.3) is 5.91 Å². The Kier molecular flexibility index (Phi) is 7.96. The number of amides is 1. The van der Waals surface area contributed by atoms with Gasteiger partial charge in [-0.1, -0.05) is 18.2 Å². The van der Waals surface area contributed by atoms with Crippen molar-refractivity contribution in [3.8, 4) is 23.3 Å². The minimum absolute atomic E-state index is 0.00665. The maximum atomic E-state index is 13.2. The van der Waals surface area contributed by atoms with Crippen LogP contribution in [0.2, 0.25) is 0 Å². The first-order chi connectivity index (χ1) is 17.2. The van der Waals surface area contributed by atoms with E-state index < -0.39 is 34.9 Å². The van der Waals surface area contributed by atoms with E-state index in [9.17, 15) is 28.0 Å². The fourth-order valence-electron chi connectivity index (χ4n) is 3.09. The number of carbonyl (C=O) groups is 2. The van der Waals surface area contributed by atoms with Gasteiger partial charge in [0.05, 0.1) is 31.0 Å². The molecule has 3 rings (SSSR count). The van der Waals surface area contributed by atoms with Crippen molar-refractivity contribution in [1.29, 1.82) is 5.26 Å². The van der Waals surface area contributed by atoms with Gasteiger partial charge >= 0.3 is 12.1 Å². The van der Waals surface area contributed by atoms with E-state index in [4.69, 9.17) is 14.2 Å². The Morgan fingerprint density at radius 1 is 0.944 bits per heavy atom. The molecule has 0 bridgehead atoms. The highest BCUT2D eigenvalue weighted by Crippen LogP contribution is 2.35. The first-order valence-electron chi connectivity index (χ1n) is 10.3. The van der Waals surface area contributed by atoms with E-state index in [2.05, 4.69) is 5.32 Å². The number of hydrogen-bond donors (Lipinski definition) is 1. The second-order valence-corrected chi connectivity index (χ2v) is 7.20. The second kappa shape index (κ2) is 11.1. The molecule has 0 aliphatic rings. The van der Waals surface area contributed by atoms with E-state index in [0.717, 1.165) is 18.2 Å². The molecule has 0 spiro atoms. The lowest BCUT2D eigenvalue weighted by atomic mass is 10.1. The number of carbonyl (C=O) groups excluding carboxylic acids is 2. The largest absolute Gasteiger partial charge is 0.497 e. The number of rotatable bonds is 7. The number of ether oxygens (including phenoxy) is 3. The molecule has 0 aromatic heterocycles. The molecule has 0 atom stereocenters. The highest BCUT2D eigenvalue weighted by atomic mass is 19.4. The van der Waals surface area contributed by atoms with Crippen molar-refractivity contribution in [2.75, 3.05) is 19.5 Å². The second-order valence-electron chi connectivity index (χ2n) is 7.20. The number of para-hydroxylation sites is 1. The van der Waals surface area contributed by atoms with Crippen LogP contribution in [0, 0.1) is 11.3 Å². The first-order valence-corrected chi connectivity index (χ1v) is 10.3. The smallest absolute Gasteiger partial charge is 0.418 e. The zero-order valence-electron chi connectivity index (χ0n) is 19.1. The van der Waals surface area contributed by atoms with E-state index in [-0.39, 0.29) is 22.6 Å². The summed E-state index contributed by atoms with van der Waals surface area (Å²) in [5.74, 6) is -0.972. The van der Waals surface area contributed by atoms with E-state index in [1.54, 1.807) is 18.2 Å². The molecule has 0 radical (unpaired) electrons. The zero-order chi connectivity index (χ0) is 26.3. The number of nitrogens with zero attached hydrogens (tertiary/aromatic N) is 1. The van der Waals surface area contributed by atoms with Crippen molar-refractivity contribution < 1.29 is 37.0 Å². The van der Waals surface area contributed by atoms with Crippen molar-refractivity contribution in [2.45, 2.75) is 6.18 Å². The summed E-state index contributed by atoms with van der Waals surface area (Å²) < 4.78 is 55.3. The minimum Gasteiger partial charge on any atom is -0.497 e. The number of esters is 1. The van der Waals surface area contributed by atoms with Gasteiger partial charge in [-0.05, 0) is 60.2 Å². The predicted octanol–water partition coefficient (Wildman–Crippen LogP) is 5.49. The summed E-state index contributed by atoms with van der Waals surface area (Å²) in [5.41, 5.74) is -1.50. The van der Waals surface area contributed by atoms with Crippen LogP contribution in [0.3, 0.4) is 0 Å². The van der Waals surface area contributed by atoms with Gasteiger partial charge in [0, 0.05) is 0 Å². The number of halogens is 3. The average Bonchev–Trinajstić information content (AvgIpc) is 2.87. The molecule has 0 heterocycles. The summed E-state index contributed by atoms with van der Waals surface area (Å²) in [6, 6.07) is 16.6. The topological polar surface area (TPSA) is 97.7 Å². The van der Waals surface area contributed by atoms with Crippen molar-refractivity contribution in [3.05, 3.63) is 89.0 Å². The zero-order valence-corrected chi connectivity index (χ0v) is 19.1. The molecule has 10 heteroatoms. The summed E-state index contributed by atoms with van der Waals surface area (Å²) in [7, 11) is 2.85. The summed E-state index contributed by atoms with van der Waals surface area (Å²) in [4.78, 5) is 25.1. The van der Waals surface area contributed by atoms with Gasteiger partial charge in [0.15, 0.2) is 11.5 Å². The number of alkyl halides is 3. The molecule has 1 N–H and O–H groups in total. The van der Waals surface area contributed by atoms with Crippen LogP contribution < -0.4 is 19.5 Å². The Hall–Kier alpha value is -4.78. The molecule has 3 aromatic rings. The Labute approximate surface area is 204 Å². The average molecular weight is 496 g/mol. The molecule has 0 unspecified atom stereocenters. The van der Waals surface area contributed by atoms with Crippen LogP contribution in [0.4, 0.5) is 18.9 Å². The molecule has 3 aromatic carbocycles. The van der Waals surface area contributed by atoms with Crippen LogP contribution in [0.25, 0.3) is 6.08 Å². The van der Waals surface area contributed by atoms with Crippen molar-refractivity contribution >= 4 is 23.6 Å². The molecule has 0 aliphatic heterocycles. The summed E-state index contributed by atoms with van der Waals surface area (Å²) >= 11 is 0. The molecule has 7 nitrogen and oxygen atoms in total. The van der Waals surface area contributed by atoms with Gasteiger partial charge in [-0.25, -0.2) is 4.79 Å². The summed E-state index contributed by atoms with van der Waals surface area (Å²) in [5, 5.41) is 11.6. The van der Waals surface area contributed by atoms with Gasteiger partial charge in [0.2, 0.25) is 0 Å². The van der Waals surface area contributed by atoms with Crippen molar-refractivity contribution in [1.82, 2.24) is 0 Å². The van der Waals surface area contributed by atoms with Gasteiger partial charge in [-0.2, -0.15) is 18.4 Å². The number of nitrogens with one attached hydrogen (secondary N) is 1. The third-order valence-corrected chi connectivity index (χ3v) is 4.87. The quantitative estimate of drug-likeness (QED) is 0.201. The molecule has 0 saturated carbocycles. The van der Waals surface area contributed by atoms with E-state index in [1.807, 2.05) is 0 Å². The lowest BCUT2D eigenvalue weighted by molar-refractivity contribution is -0.137. The fourth-order valence-corrected chi connectivity index (χ4v) is 3.09. The maximum Gasteiger partial charge on any atom is 0.418 e. The maximum absolute atomic E-state index is 13.2. The molecule has 0 fully saturated rings. The Morgan fingerprint density at radius 2 is 1.64 bits per heavy atom. The Balaban J connectivity index is 1.86. The summed E-state index contributed by atoms with van der Waals surface area (Å²) in [6.07, 6.45) is -3.55. The van der Waals surface area contributed by atoms with E-state index in [0.29, 0.717) is 5.75 Å². The first kappa shape index (κ1) is 25.8. The number of nitriles is 1. The highest BCUT2D eigenvalue weighted by Gasteiger charge is 2.33. The van der Waals surface area contributed by atoms with Crippen LogP contribution in [-0.2, 0) is 11.0 Å². The molecule has 184 valence electrons. The molecule has 0 aliphatic carbocycles. The van der Waals surface area contributed by atoms with Crippen LogP contribution in [0.5, 0.6) is 17.2 Å². The number of methoxy groups -OCH3 is 2. The van der Waals surface area contributed by atoms with Crippen molar-refractivity contribution in [2.24, 2.45) is 0 Å². The molecular formula is C26H19F3N2O5. The van der Waals surface area contributed by atoms with E-state index in [1.165, 1.54) is 56.7 Å². The van der Waals surface area contributed by atoms with Crippen LogP contribution in [0.1, 0.15) is 21.5 Å². The third-order valence-electron chi connectivity index (χ3n) is 4.87. The van der Waals surface area contributed by atoms with Crippen LogP contribution in [0.15, 0.2) is 72.3 Å². The monoisotopic (exact) mass is 496 g/mol. The lowest BCUT2D eigenvalue weighted by Gasteiger charge is -2.13. The molecule has 1 amide bonds. The van der Waals surface area contributed by atoms with Gasteiger partial charge in [-0.3, -0.25) is 4.79 Å². The molecular weight excluding hydrogens is 477 g/mol. The van der Waals surface area contributed by atoms with Crippen LogP contribution in [-0.4, -0.2) is 26.1 Å². The third kappa shape index (κ3) is 6.21. The number of anilines is 1. The van der Waals surface area contributed by atoms with Gasteiger partial charge < -0.3 is 19.5 Å². The molecule has 36 heavy (non-hydrogen) atoms. The Bertz CT molecular complexity index is 1340. The van der Waals surface area contributed by atoms with Crippen molar-refractivity contribution in [3.63, 3.8) is 0 Å². The van der Waals surface area contributed by atoms with E-state index >= 15 is 0 Å². The number of benzene rings is 3.